The van der Waals surface area contributed by atoms with Gasteiger partial charge in [0.25, 0.3) is 5.69 Å². The zero-order chi connectivity index (χ0) is 17.7. The van der Waals surface area contributed by atoms with Gasteiger partial charge >= 0.3 is 6.03 Å². The van der Waals surface area contributed by atoms with Crippen LogP contribution in [0.2, 0.25) is 0 Å². The number of benzene rings is 1. The number of amides is 2. The van der Waals surface area contributed by atoms with Crippen molar-refractivity contribution in [2.75, 3.05) is 6.54 Å². The van der Waals surface area contributed by atoms with Crippen molar-refractivity contribution in [1.82, 2.24) is 15.6 Å². The number of nitro groups is 1. The summed E-state index contributed by atoms with van der Waals surface area (Å²) in [7, 11) is 0. The number of non-ortho nitro benzene ring substituents is 1. The van der Waals surface area contributed by atoms with Crippen LogP contribution in [0.25, 0.3) is 0 Å². The Morgan fingerprint density at radius 2 is 2.00 bits per heavy atom. The molecule has 128 valence electrons. The molecule has 8 heteroatoms. The minimum absolute atomic E-state index is 0.0255. The van der Waals surface area contributed by atoms with Crippen LogP contribution >= 0.6 is 11.3 Å². The average molecular weight is 348 g/mol. The summed E-state index contributed by atoms with van der Waals surface area (Å²) in [5.41, 5.74) is 1.14. The van der Waals surface area contributed by atoms with Crippen LogP contribution in [-0.2, 0) is 12.0 Å². The van der Waals surface area contributed by atoms with Gasteiger partial charge in [-0.2, -0.15) is 0 Å². The van der Waals surface area contributed by atoms with Crippen molar-refractivity contribution in [3.63, 3.8) is 0 Å². The summed E-state index contributed by atoms with van der Waals surface area (Å²) in [5.74, 6) is 0. The molecule has 7 nitrogen and oxygen atoms in total. The van der Waals surface area contributed by atoms with Gasteiger partial charge in [0.05, 0.1) is 21.2 Å². The molecule has 2 N–H and O–H groups in total. The number of carbonyl (C=O) groups is 1. The molecule has 0 aliphatic carbocycles. The van der Waals surface area contributed by atoms with E-state index in [0.717, 1.165) is 16.3 Å². The molecule has 0 unspecified atom stereocenters. The zero-order valence-corrected chi connectivity index (χ0v) is 14.6. The monoisotopic (exact) mass is 348 g/mol. The quantitative estimate of drug-likeness (QED) is 0.619. The lowest BCUT2D eigenvalue weighted by Crippen LogP contribution is -2.46. The van der Waals surface area contributed by atoms with Crippen molar-refractivity contribution in [2.24, 2.45) is 0 Å². The third-order valence-corrected chi connectivity index (χ3v) is 4.38. The Morgan fingerprint density at radius 1 is 1.33 bits per heavy atom. The number of hydrogen-bond acceptors (Lipinski definition) is 5. The standard InChI is InChI=1S/C16H20N4O3S/c1-11-18-13(10-24-11)8-9-17-15(21)19-16(2,3)12-4-6-14(7-5-12)20(22)23/h4-7,10H,8-9H2,1-3H3,(H2,17,19,21). The van der Waals surface area contributed by atoms with Crippen molar-refractivity contribution < 1.29 is 9.72 Å². The summed E-state index contributed by atoms with van der Waals surface area (Å²) in [6.45, 7) is 6.13. The summed E-state index contributed by atoms with van der Waals surface area (Å²) < 4.78 is 0. The molecule has 2 rings (SSSR count). The number of thiazole rings is 1. The van der Waals surface area contributed by atoms with Crippen LogP contribution in [0.15, 0.2) is 29.6 Å². The van der Waals surface area contributed by atoms with Gasteiger partial charge in [0.2, 0.25) is 0 Å². The fourth-order valence-corrected chi connectivity index (χ4v) is 2.87. The number of carbonyl (C=O) groups excluding carboxylic acids is 1. The average Bonchev–Trinajstić information content (AvgIpc) is 2.92. The Labute approximate surface area is 144 Å². The largest absolute Gasteiger partial charge is 0.338 e. The second-order valence-electron chi connectivity index (χ2n) is 5.92. The molecule has 0 aliphatic rings. The number of urea groups is 1. The molecule has 2 amide bonds. The highest BCUT2D eigenvalue weighted by molar-refractivity contribution is 7.09. The maximum absolute atomic E-state index is 12.1. The Hall–Kier alpha value is -2.48. The molecule has 1 heterocycles. The number of nitrogens with zero attached hydrogens (tertiary/aromatic N) is 2. The highest BCUT2D eigenvalue weighted by Gasteiger charge is 2.23. The fraction of sp³-hybridized carbons (Fsp3) is 0.375. The first-order chi connectivity index (χ1) is 11.3. The number of hydrogen-bond donors (Lipinski definition) is 2. The number of nitro benzene ring substituents is 1. The van der Waals surface area contributed by atoms with E-state index in [1.54, 1.807) is 23.5 Å². The lowest BCUT2D eigenvalue weighted by Gasteiger charge is -2.27. The molecule has 0 saturated heterocycles. The van der Waals surface area contributed by atoms with Gasteiger partial charge < -0.3 is 10.6 Å². The second-order valence-corrected chi connectivity index (χ2v) is 6.98. The number of aromatic nitrogens is 1. The highest BCUT2D eigenvalue weighted by atomic mass is 32.1. The Kier molecular flexibility index (Phi) is 5.50. The fourth-order valence-electron chi connectivity index (χ4n) is 2.23. The Bertz CT molecular complexity index is 725. The molecule has 0 fully saturated rings. The van der Waals surface area contributed by atoms with Crippen LogP contribution in [0.4, 0.5) is 10.5 Å². The van der Waals surface area contributed by atoms with E-state index >= 15 is 0 Å². The van der Waals surface area contributed by atoms with Crippen molar-refractivity contribution in [1.29, 1.82) is 0 Å². The van der Waals surface area contributed by atoms with Crippen molar-refractivity contribution >= 4 is 23.1 Å². The van der Waals surface area contributed by atoms with Crippen LogP contribution in [-0.4, -0.2) is 22.5 Å². The van der Waals surface area contributed by atoms with Gasteiger partial charge in [-0.05, 0) is 38.5 Å². The lowest BCUT2D eigenvalue weighted by molar-refractivity contribution is -0.384. The molecule has 24 heavy (non-hydrogen) atoms. The van der Waals surface area contributed by atoms with Gasteiger partial charge in [-0.25, -0.2) is 9.78 Å². The molecule has 0 aliphatic heterocycles. The SMILES string of the molecule is Cc1nc(CCNC(=O)NC(C)(C)c2ccc([N+](=O)[O-])cc2)cs1. The number of aryl methyl sites for hydroxylation is 1. The van der Waals surface area contributed by atoms with E-state index in [-0.39, 0.29) is 11.7 Å². The number of rotatable bonds is 6. The first-order valence-corrected chi connectivity index (χ1v) is 8.38. The van der Waals surface area contributed by atoms with Crippen molar-refractivity contribution in [3.05, 3.63) is 56.0 Å². The van der Waals surface area contributed by atoms with E-state index < -0.39 is 10.5 Å². The van der Waals surface area contributed by atoms with Crippen LogP contribution in [0.1, 0.15) is 30.1 Å². The maximum atomic E-state index is 12.1. The molecular formula is C16H20N4O3S. The third-order valence-electron chi connectivity index (χ3n) is 3.56. The zero-order valence-electron chi connectivity index (χ0n) is 13.8. The Morgan fingerprint density at radius 3 is 2.54 bits per heavy atom. The van der Waals surface area contributed by atoms with Crippen molar-refractivity contribution in [2.45, 2.75) is 32.7 Å². The van der Waals surface area contributed by atoms with E-state index in [2.05, 4.69) is 15.6 Å². The summed E-state index contributed by atoms with van der Waals surface area (Å²) in [6.07, 6.45) is 0.676. The molecule has 0 saturated carbocycles. The number of nitrogens with one attached hydrogen (secondary N) is 2. The summed E-state index contributed by atoms with van der Waals surface area (Å²) >= 11 is 1.59. The van der Waals surface area contributed by atoms with E-state index in [1.165, 1.54) is 12.1 Å². The van der Waals surface area contributed by atoms with Gasteiger partial charge in [-0.15, -0.1) is 11.3 Å². The van der Waals surface area contributed by atoms with Gasteiger partial charge in [-0.1, -0.05) is 0 Å². The molecule has 0 radical (unpaired) electrons. The van der Waals surface area contributed by atoms with E-state index in [0.29, 0.717) is 13.0 Å². The molecule has 0 atom stereocenters. The molecule has 0 bridgehead atoms. The maximum Gasteiger partial charge on any atom is 0.315 e. The van der Waals surface area contributed by atoms with Crippen molar-refractivity contribution in [3.8, 4) is 0 Å². The van der Waals surface area contributed by atoms with E-state index in [1.807, 2.05) is 26.2 Å². The minimum Gasteiger partial charge on any atom is -0.338 e. The Balaban J connectivity index is 1.87. The van der Waals surface area contributed by atoms with Gasteiger partial charge in [-0.3, -0.25) is 10.1 Å². The molecule has 2 aromatic rings. The van der Waals surface area contributed by atoms with Crippen LogP contribution < -0.4 is 10.6 Å². The first kappa shape index (κ1) is 17.9. The highest BCUT2D eigenvalue weighted by Crippen LogP contribution is 2.22. The normalized spacial score (nSPS) is 11.1. The summed E-state index contributed by atoms with van der Waals surface area (Å²) in [4.78, 5) is 26.6. The molecule has 1 aromatic heterocycles. The molecule has 0 spiro atoms. The summed E-state index contributed by atoms with van der Waals surface area (Å²) in [6, 6.07) is 5.88. The second kappa shape index (κ2) is 7.39. The third kappa shape index (κ3) is 4.76. The molecular weight excluding hydrogens is 328 g/mol. The minimum atomic E-state index is -0.642. The topological polar surface area (TPSA) is 97.2 Å². The van der Waals surface area contributed by atoms with Crippen LogP contribution in [0, 0.1) is 17.0 Å². The predicted molar refractivity (Wildman–Crippen MR) is 93.2 cm³/mol. The van der Waals surface area contributed by atoms with Crippen LogP contribution in [0.5, 0.6) is 0 Å². The smallest absolute Gasteiger partial charge is 0.315 e. The molecule has 1 aromatic carbocycles. The van der Waals surface area contributed by atoms with E-state index in [9.17, 15) is 14.9 Å². The predicted octanol–water partition coefficient (Wildman–Crippen LogP) is 3.14. The van der Waals surface area contributed by atoms with E-state index in [4.69, 9.17) is 0 Å². The van der Waals surface area contributed by atoms with Gasteiger partial charge in [0.1, 0.15) is 0 Å². The van der Waals surface area contributed by atoms with Crippen LogP contribution in [0.3, 0.4) is 0 Å². The lowest BCUT2D eigenvalue weighted by atomic mass is 9.94. The van der Waals surface area contributed by atoms with Gasteiger partial charge in [0, 0.05) is 30.5 Å². The first-order valence-electron chi connectivity index (χ1n) is 7.50. The van der Waals surface area contributed by atoms with Gasteiger partial charge in [0.15, 0.2) is 0 Å². The summed E-state index contributed by atoms with van der Waals surface area (Å²) in [5, 5.41) is 19.4.